The summed E-state index contributed by atoms with van der Waals surface area (Å²) in [6.45, 7) is 2.76. The van der Waals surface area contributed by atoms with Crippen LogP contribution in [-0.4, -0.2) is 20.9 Å². The minimum atomic E-state index is -0.253. The molecule has 0 bridgehead atoms. The number of hydrogen-bond acceptors (Lipinski definition) is 3. The van der Waals surface area contributed by atoms with E-state index in [4.69, 9.17) is 23.2 Å². The summed E-state index contributed by atoms with van der Waals surface area (Å²) in [7, 11) is 1.60. The van der Waals surface area contributed by atoms with Crippen LogP contribution in [-0.2, 0) is 7.05 Å². The van der Waals surface area contributed by atoms with Crippen LogP contribution in [0.25, 0.3) is 5.69 Å². The number of anilines is 1. The molecule has 7 heteroatoms. The van der Waals surface area contributed by atoms with Crippen molar-refractivity contribution in [2.24, 2.45) is 7.05 Å². The fraction of sp³-hybridized carbons (Fsp3) is 0.333. The highest BCUT2D eigenvalue weighted by atomic mass is 35.5. The predicted octanol–water partition coefficient (Wildman–Crippen LogP) is 2.70. The lowest BCUT2D eigenvalue weighted by Crippen LogP contribution is -2.22. The van der Waals surface area contributed by atoms with E-state index in [-0.39, 0.29) is 5.69 Å². The van der Waals surface area contributed by atoms with Gasteiger partial charge in [0.25, 0.3) is 0 Å². The van der Waals surface area contributed by atoms with Crippen LogP contribution in [0.4, 0.5) is 5.95 Å². The summed E-state index contributed by atoms with van der Waals surface area (Å²) >= 11 is 11.9. The third-order valence-electron chi connectivity index (χ3n) is 2.56. The summed E-state index contributed by atoms with van der Waals surface area (Å²) in [6, 6.07) is 4.97. The molecule has 0 fully saturated rings. The van der Waals surface area contributed by atoms with Crippen molar-refractivity contribution in [3.63, 3.8) is 0 Å². The quantitative estimate of drug-likeness (QED) is 0.944. The highest BCUT2D eigenvalue weighted by Gasteiger charge is 2.13. The van der Waals surface area contributed by atoms with Crippen molar-refractivity contribution < 1.29 is 0 Å². The van der Waals surface area contributed by atoms with Gasteiger partial charge in [0, 0.05) is 23.6 Å². The van der Waals surface area contributed by atoms with Crippen molar-refractivity contribution in [3.8, 4) is 5.69 Å². The fourth-order valence-corrected chi connectivity index (χ4v) is 2.23. The number of aromatic nitrogens is 3. The summed E-state index contributed by atoms with van der Waals surface area (Å²) in [5.74, 6) is 0.479. The summed E-state index contributed by atoms with van der Waals surface area (Å²) in [5.41, 5.74) is 0.339. The molecule has 102 valence electrons. The second-order valence-electron chi connectivity index (χ2n) is 4.12. The second kappa shape index (κ2) is 5.67. The van der Waals surface area contributed by atoms with Gasteiger partial charge >= 0.3 is 5.69 Å². The molecule has 0 atom stereocenters. The van der Waals surface area contributed by atoms with Gasteiger partial charge in [-0.05, 0) is 24.6 Å². The molecule has 0 saturated carbocycles. The van der Waals surface area contributed by atoms with Crippen molar-refractivity contribution >= 4 is 29.2 Å². The molecule has 1 aromatic heterocycles. The summed E-state index contributed by atoms with van der Waals surface area (Å²) in [5, 5.41) is 8.20. The molecule has 1 aromatic carbocycles. The van der Waals surface area contributed by atoms with Crippen LogP contribution in [0.2, 0.25) is 10.0 Å². The van der Waals surface area contributed by atoms with Gasteiger partial charge in [0.1, 0.15) is 0 Å². The molecule has 2 rings (SSSR count). The number of aryl methyl sites for hydroxylation is 1. The Morgan fingerprint density at radius 2 is 1.89 bits per heavy atom. The van der Waals surface area contributed by atoms with Crippen molar-refractivity contribution in [2.45, 2.75) is 13.3 Å². The summed E-state index contributed by atoms with van der Waals surface area (Å²) in [6.07, 6.45) is 0.932. The monoisotopic (exact) mass is 300 g/mol. The van der Waals surface area contributed by atoms with Gasteiger partial charge in [-0.2, -0.15) is 0 Å². The third-order valence-corrected chi connectivity index (χ3v) is 3.00. The SMILES string of the molecule is CCCNc1nn(C)c(=O)n1-c1cc(Cl)cc(Cl)c1. The van der Waals surface area contributed by atoms with E-state index >= 15 is 0 Å². The zero-order valence-corrected chi connectivity index (χ0v) is 12.2. The van der Waals surface area contributed by atoms with Gasteiger partial charge in [-0.1, -0.05) is 30.1 Å². The predicted molar refractivity (Wildman–Crippen MR) is 77.6 cm³/mol. The van der Waals surface area contributed by atoms with E-state index in [1.807, 2.05) is 6.92 Å². The highest BCUT2D eigenvalue weighted by Crippen LogP contribution is 2.22. The van der Waals surface area contributed by atoms with Crippen LogP contribution in [0.15, 0.2) is 23.0 Å². The first-order valence-electron chi connectivity index (χ1n) is 5.89. The molecular formula is C12H14Cl2N4O. The minimum absolute atomic E-state index is 0.253. The van der Waals surface area contributed by atoms with E-state index in [1.165, 1.54) is 9.25 Å². The van der Waals surface area contributed by atoms with Crippen molar-refractivity contribution in [3.05, 3.63) is 38.7 Å². The van der Waals surface area contributed by atoms with Crippen LogP contribution in [0.3, 0.4) is 0 Å². The van der Waals surface area contributed by atoms with Gasteiger partial charge in [-0.3, -0.25) is 0 Å². The van der Waals surface area contributed by atoms with Crippen molar-refractivity contribution in [1.29, 1.82) is 0 Å². The Kier molecular flexibility index (Phi) is 4.17. The molecular weight excluding hydrogens is 287 g/mol. The first-order chi connectivity index (χ1) is 9.02. The Morgan fingerprint density at radius 1 is 1.26 bits per heavy atom. The van der Waals surface area contributed by atoms with Gasteiger partial charge < -0.3 is 5.32 Å². The van der Waals surface area contributed by atoms with Crippen LogP contribution < -0.4 is 11.0 Å². The first-order valence-corrected chi connectivity index (χ1v) is 6.65. The maximum absolute atomic E-state index is 12.1. The molecule has 0 unspecified atom stereocenters. The van der Waals surface area contributed by atoms with E-state index in [9.17, 15) is 4.79 Å². The molecule has 5 nitrogen and oxygen atoms in total. The van der Waals surface area contributed by atoms with Gasteiger partial charge in [0.2, 0.25) is 5.95 Å². The van der Waals surface area contributed by atoms with E-state index in [0.29, 0.717) is 21.7 Å². The Balaban J connectivity index is 2.56. The number of halogens is 2. The molecule has 1 N–H and O–H groups in total. The molecule has 0 saturated heterocycles. The molecule has 0 spiro atoms. The Morgan fingerprint density at radius 3 is 2.47 bits per heavy atom. The van der Waals surface area contributed by atoms with Gasteiger partial charge in [-0.25, -0.2) is 14.0 Å². The zero-order valence-electron chi connectivity index (χ0n) is 10.7. The molecule has 2 aromatic rings. The normalized spacial score (nSPS) is 10.7. The lowest BCUT2D eigenvalue weighted by molar-refractivity contribution is 0.726. The lowest BCUT2D eigenvalue weighted by atomic mass is 10.3. The van der Waals surface area contributed by atoms with Crippen LogP contribution in [0.5, 0.6) is 0 Å². The molecule has 0 radical (unpaired) electrons. The molecule has 0 aliphatic carbocycles. The number of nitrogens with one attached hydrogen (secondary N) is 1. The van der Waals surface area contributed by atoms with Gasteiger partial charge in [-0.15, -0.1) is 5.10 Å². The maximum Gasteiger partial charge on any atom is 0.351 e. The smallest absolute Gasteiger partial charge is 0.351 e. The Hall–Kier alpha value is -1.46. The van der Waals surface area contributed by atoms with Crippen LogP contribution in [0.1, 0.15) is 13.3 Å². The average molecular weight is 301 g/mol. The van der Waals surface area contributed by atoms with Crippen LogP contribution >= 0.6 is 23.2 Å². The molecule has 0 amide bonds. The second-order valence-corrected chi connectivity index (χ2v) is 4.99. The number of hydrogen-bond donors (Lipinski definition) is 1. The number of nitrogens with zero attached hydrogens (tertiary/aromatic N) is 3. The largest absolute Gasteiger partial charge is 0.354 e. The number of rotatable bonds is 4. The lowest BCUT2D eigenvalue weighted by Gasteiger charge is -2.07. The standard InChI is InChI=1S/C12H14Cl2N4O/c1-3-4-15-11-16-17(2)12(19)18(11)10-6-8(13)5-9(14)7-10/h5-7H,3-4H2,1-2H3,(H,15,16). The maximum atomic E-state index is 12.1. The molecule has 0 aliphatic rings. The van der Waals surface area contributed by atoms with E-state index in [1.54, 1.807) is 25.2 Å². The Labute approximate surface area is 120 Å². The Bertz CT molecular complexity index is 627. The van der Waals surface area contributed by atoms with E-state index < -0.39 is 0 Å². The average Bonchev–Trinajstić information content (AvgIpc) is 2.61. The first kappa shape index (κ1) is 14.0. The molecule has 0 aliphatic heterocycles. The zero-order chi connectivity index (χ0) is 14.0. The summed E-state index contributed by atoms with van der Waals surface area (Å²) in [4.78, 5) is 12.1. The topological polar surface area (TPSA) is 51.9 Å². The highest BCUT2D eigenvalue weighted by molar-refractivity contribution is 6.34. The number of benzene rings is 1. The third kappa shape index (κ3) is 2.93. The summed E-state index contributed by atoms with van der Waals surface area (Å²) < 4.78 is 2.72. The van der Waals surface area contributed by atoms with Crippen LogP contribution in [0, 0.1) is 0 Å². The minimum Gasteiger partial charge on any atom is -0.354 e. The van der Waals surface area contributed by atoms with Gasteiger partial charge in [0.15, 0.2) is 0 Å². The van der Waals surface area contributed by atoms with E-state index in [2.05, 4.69) is 10.4 Å². The van der Waals surface area contributed by atoms with E-state index in [0.717, 1.165) is 13.0 Å². The fourth-order valence-electron chi connectivity index (χ4n) is 1.72. The molecule has 19 heavy (non-hydrogen) atoms. The van der Waals surface area contributed by atoms with Gasteiger partial charge in [0.05, 0.1) is 5.69 Å². The van der Waals surface area contributed by atoms with Crippen molar-refractivity contribution in [1.82, 2.24) is 14.3 Å². The molecule has 1 heterocycles. The van der Waals surface area contributed by atoms with Crippen molar-refractivity contribution in [2.75, 3.05) is 11.9 Å².